The number of benzene rings is 1. The van der Waals surface area contributed by atoms with Crippen molar-refractivity contribution in [2.45, 2.75) is 52.2 Å². The Bertz CT molecular complexity index is 1100. The van der Waals surface area contributed by atoms with E-state index in [1.807, 2.05) is 55.9 Å². The Morgan fingerprint density at radius 2 is 2.00 bits per heavy atom. The largest absolute Gasteiger partial charge is 0.390 e. The summed E-state index contributed by atoms with van der Waals surface area (Å²) in [5.74, 6) is -0.331. The number of carbonyl (C=O) groups excluding carboxylic acids is 1. The van der Waals surface area contributed by atoms with Gasteiger partial charge >= 0.3 is 11.6 Å². The van der Waals surface area contributed by atoms with Gasteiger partial charge in [-0.15, -0.1) is 0 Å². The van der Waals surface area contributed by atoms with Crippen molar-refractivity contribution in [2.75, 3.05) is 24.3 Å². The molecule has 8 nitrogen and oxygen atoms in total. The minimum Gasteiger partial charge on any atom is -0.390 e. The Hall–Kier alpha value is -3.13. The van der Waals surface area contributed by atoms with Crippen LogP contribution in [0.5, 0.6) is 0 Å². The van der Waals surface area contributed by atoms with Gasteiger partial charge in [0.2, 0.25) is 5.69 Å². The molecule has 0 spiro atoms. The highest BCUT2D eigenvalue weighted by atomic mass is 16.5. The number of aryl methyl sites for hydroxylation is 1. The van der Waals surface area contributed by atoms with E-state index in [9.17, 15) is 15.1 Å². The van der Waals surface area contributed by atoms with Gasteiger partial charge in [-0.3, -0.25) is 14.7 Å². The van der Waals surface area contributed by atoms with Crippen LogP contribution in [0.2, 0.25) is 0 Å². The van der Waals surface area contributed by atoms with E-state index in [1.165, 1.54) is 0 Å². The molecule has 0 bridgehead atoms. The first-order valence-electron chi connectivity index (χ1n) is 10.4. The van der Waals surface area contributed by atoms with Gasteiger partial charge in [0.25, 0.3) is 0 Å². The summed E-state index contributed by atoms with van der Waals surface area (Å²) in [6.45, 7) is 8.05. The van der Waals surface area contributed by atoms with Crippen LogP contribution in [0.15, 0.2) is 36.5 Å². The number of aromatic nitrogens is 3. The van der Waals surface area contributed by atoms with Crippen molar-refractivity contribution in [1.82, 2.24) is 9.78 Å². The Morgan fingerprint density at radius 3 is 2.61 bits per heavy atom. The van der Waals surface area contributed by atoms with Gasteiger partial charge in [0.1, 0.15) is 0 Å². The molecule has 3 N–H and O–H groups in total. The molecule has 31 heavy (non-hydrogen) atoms. The molecule has 1 aromatic carbocycles. The maximum absolute atomic E-state index is 13.0. The van der Waals surface area contributed by atoms with Crippen molar-refractivity contribution in [3.05, 3.63) is 47.9 Å². The number of fused-ring (bicyclic) bond motifs is 1. The number of hydrogen-bond donors (Lipinski definition) is 3. The highest BCUT2D eigenvalue weighted by Gasteiger charge is 2.26. The highest BCUT2D eigenvalue weighted by molar-refractivity contribution is 6.05. The zero-order chi connectivity index (χ0) is 22.9. The van der Waals surface area contributed by atoms with Gasteiger partial charge in [0.15, 0.2) is 0 Å². The van der Waals surface area contributed by atoms with Gasteiger partial charge in [0, 0.05) is 55.0 Å². The standard InChI is InChI=1S/C23H31N5O3/c1-15(2)19-8-7-9-20(28(19)31)22(29)24-18-12-16-14-27(11-10-23(3,4)30)25-17(16)13-21(18)26(5)6/h7-9,12-15,30H,10-11H2,1-6H3,(H-,24,29,31)/p+1. The van der Waals surface area contributed by atoms with E-state index in [1.54, 1.807) is 32.0 Å². The third kappa shape index (κ3) is 5.14. The molecular formula is C23H32N5O3+. The number of anilines is 2. The molecule has 0 atom stereocenters. The second kappa shape index (κ2) is 8.55. The van der Waals surface area contributed by atoms with E-state index in [-0.39, 0.29) is 11.6 Å². The molecule has 0 radical (unpaired) electrons. The summed E-state index contributed by atoms with van der Waals surface area (Å²) < 4.78 is 2.75. The van der Waals surface area contributed by atoms with Gasteiger partial charge in [-0.1, -0.05) is 13.8 Å². The molecule has 2 heterocycles. The van der Waals surface area contributed by atoms with Gasteiger partial charge in [0.05, 0.1) is 22.5 Å². The maximum Gasteiger partial charge on any atom is 0.325 e. The first-order chi connectivity index (χ1) is 14.5. The van der Waals surface area contributed by atoms with Crippen LogP contribution in [0.3, 0.4) is 0 Å². The minimum absolute atomic E-state index is 0.0705. The van der Waals surface area contributed by atoms with Crippen LogP contribution in [-0.4, -0.2) is 45.7 Å². The Labute approximate surface area is 182 Å². The molecule has 0 unspecified atom stereocenters. The summed E-state index contributed by atoms with van der Waals surface area (Å²) in [5, 5.41) is 28.9. The lowest BCUT2D eigenvalue weighted by Gasteiger charge is -2.17. The lowest BCUT2D eigenvalue weighted by atomic mass is 10.1. The van der Waals surface area contributed by atoms with Crippen LogP contribution in [0.4, 0.5) is 11.4 Å². The first kappa shape index (κ1) is 22.6. The third-order valence-electron chi connectivity index (χ3n) is 5.17. The van der Waals surface area contributed by atoms with Crippen molar-refractivity contribution in [1.29, 1.82) is 0 Å². The van der Waals surface area contributed by atoms with Gasteiger partial charge < -0.3 is 15.3 Å². The molecule has 3 aromatic rings. The van der Waals surface area contributed by atoms with Crippen LogP contribution in [0.25, 0.3) is 10.9 Å². The molecule has 3 rings (SSSR count). The van der Waals surface area contributed by atoms with Gasteiger partial charge in [-0.05, 0) is 38.5 Å². The molecule has 0 saturated carbocycles. The smallest absolute Gasteiger partial charge is 0.325 e. The average Bonchev–Trinajstić information content (AvgIpc) is 3.06. The van der Waals surface area contributed by atoms with Crippen LogP contribution in [0.1, 0.15) is 56.2 Å². The van der Waals surface area contributed by atoms with E-state index in [0.717, 1.165) is 21.3 Å². The van der Waals surface area contributed by atoms with E-state index in [0.29, 0.717) is 24.3 Å². The number of hydrogen-bond acceptors (Lipinski definition) is 5. The van der Waals surface area contributed by atoms with Crippen LogP contribution in [-0.2, 0) is 6.54 Å². The van der Waals surface area contributed by atoms with Crippen molar-refractivity contribution in [2.24, 2.45) is 0 Å². The van der Waals surface area contributed by atoms with E-state index < -0.39 is 11.5 Å². The molecule has 0 aliphatic carbocycles. The fourth-order valence-corrected chi connectivity index (χ4v) is 3.40. The third-order valence-corrected chi connectivity index (χ3v) is 5.17. The topological polar surface area (TPSA) is 94.5 Å². The van der Waals surface area contributed by atoms with Crippen molar-refractivity contribution < 1.29 is 19.8 Å². The number of rotatable bonds is 7. The molecule has 0 aliphatic rings. The summed E-state index contributed by atoms with van der Waals surface area (Å²) in [6.07, 6.45) is 2.48. The van der Waals surface area contributed by atoms with Crippen molar-refractivity contribution >= 4 is 28.2 Å². The van der Waals surface area contributed by atoms with Crippen molar-refractivity contribution in [3.8, 4) is 0 Å². The predicted octanol–water partition coefficient (Wildman–Crippen LogP) is 3.16. The van der Waals surface area contributed by atoms with E-state index in [2.05, 4.69) is 10.4 Å². The Kier molecular flexibility index (Phi) is 6.22. The summed E-state index contributed by atoms with van der Waals surface area (Å²) in [6, 6.07) is 8.94. The Balaban J connectivity index is 1.94. The van der Waals surface area contributed by atoms with Gasteiger partial charge in [-0.2, -0.15) is 5.10 Å². The number of amides is 1. The number of nitrogens with one attached hydrogen (secondary N) is 1. The summed E-state index contributed by atoms with van der Waals surface area (Å²) >= 11 is 0. The van der Waals surface area contributed by atoms with Gasteiger partial charge in [-0.25, -0.2) is 0 Å². The van der Waals surface area contributed by atoms with Crippen LogP contribution >= 0.6 is 0 Å². The lowest BCUT2D eigenvalue weighted by molar-refractivity contribution is -0.911. The Morgan fingerprint density at radius 1 is 1.29 bits per heavy atom. The lowest BCUT2D eigenvalue weighted by Crippen LogP contribution is -2.43. The second-order valence-corrected chi connectivity index (χ2v) is 9.03. The van der Waals surface area contributed by atoms with Crippen LogP contribution < -0.4 is 14.9 Å². The number of nitrogens with zero attached hydrogens (tertiary/aromatic N) is 4. The number of pyridine rings is 1. The molecule has 1 amide bonds. The zero-order valence-electron chi connectivity index (χ0n) is 19.0. The summed E-state index contributed by atoms with van der Waals surface area (Å²) in [5.41, 5.74) is 2.28. The summed E-state index contributed by atoms with van der Waals surface area (Å²) in [7, 11) is 3.79. The molecular weight excluding hydrogens is 394 g/mol. The number of aliphatic hydroxyl groups is 1. The zero-order valence-corrected chi connectivity index (χ0v) is 19.0. The summed E-state index contributed by atoms with van der Waals surface area (Å²) in [4.78, 5) is 14.9. The molecule has 8 heteroatoms. The minimum atomic E-state index is -0.768. The predicted molar refractivity (Wildman–Crippen MR) is 121 cm³/mol. The monoisotopic (exact) mass is 426 g/mol. The van der Waals surface area contributed by atoms with E-state index >= 15 is 0 Å². The number of carbonyl (C=O) groups is 1. The first-order valence-corrected chi connectivity index (χ1v) is 10.4. The fraction of sp³-hybridized carbons (Fsp3) is 0.435. The average molecular weight is 427 g/mol. The quantitative estimate of drug-likeness (QED) is 0.399. The highest BCUT2D eigenvalue weighted by Crippen LogP contribution is 2.30. The van der Waals surface area contributed by atoms with Crippen LogP contribution in [0, 0.1) is 0 Å². The fourth-order valence-electron chi connectivity index (χ4n) is 3.40. The van der Waals surface area contributed by atoms with Crippen molar-refractivity contribution in [3.63, 3.8) is 0 Å². The SMILES string of the molecule is CC(C)c1cccc(C(=O)Nc2cc3cn(CCC(C)(C)O)nc3cc2N(C)C)[n+]1O. The molecule has 166 valence electrons. The molecule has 2 aromatic heterocycles. The maximum atomic E-state index is 13.0. The van der Waals surface area contributed by atoms with E-state index in [4.69, 9.17) is 0 Å². The second-order valence-electron chi connectivity index (χ2n) is 9.03. The molecule has 0 aliphatic heterocycles. The normalized spacial score (nSPS) is 11.9. The molecule has 0 fully saturated rings. The molecule has 0 saturated heterocycles.